The molecule has 0 saturated carbocycles. The average Bonchev–Trinajstić information content (AvgIpc) is 3.79. The minimum absolute atomic E-state index is 0.250. The van der Waals surface area contributed by atoms with E-state index in [0.29, 0.717) is 12.1 Å². The second-order valence-corrected chi connectivity index (χ2v) is 14.2. The molecule has 2 aromatic heterocycles. The fraction of sp³-hybridized carbons (Fsp3) is 0.326. The van der Waals surface area contributed by atoms with Crippen molar-refractivity contribution in [3.8, 4) is 0 Å². The van der Waals surface area contributed by atoms with Crippen LogP contribution >= 0.6 is 34.8 Å². The number of benzene rings is 4. The Morgan fingerprint density at radius 2 is 1.18 bits per heavy atom. The number of fused-ring (bicyclic) bond motifs is 2. The maximum absolute atomic E-state index is 12.5. The highest BCUT2D eigenvalue weighted by atomic mass is 32.2. The van der Waals surface area contributed by atoms with Crippen molar-refractivity contribution in [2.45, 2.75) is 68.2 Å². The molecule has 0 aliphatic carbocycles. The van der Waals surface area contributed by atoms with Crippen molar-refractivity contribution in [2.24, 2.45) is 10.9 Å². The highest BCUT2D eigenvalue weighted by Gasteiger charge is 2.03. The van der Waals surface area contributed by atoms with Crippen LogP contribution in [-0.4, -0.2) is 57.1 Å². The van der Waals surface area contributed by atoms with Crippen molar-refractivity contribution in [2.75, 3.05) is 37.9 Å². The summed E-state index contributed by atoms with van der Waals surface area (Å²) >= 11 is 4.42. The number of nitrogens with zero attached hydrogens (tertiary/aromatic N) is 3. The molecule has 60 heavy (non-hydrogen) atoms. The van der Waals surface area contributed by atoms with E-state index in [4.69, 9.17) is 14.7 Å². The van der Waals surface area contributed by atoms with Crippen molar-refractivity contribution in [3.05, 3.63) is 117 Å². The van der Waals surface area contributed by atoms with Gasteiger partial charge >= 0.3 is 0 Å². The van der Waals surface area contributed by atoms with Crippen LogP contribution in [0.2, 0.25) is 0 Å². The molecular weight excluding hydrogens is 835 g/mol. The molecule has 6 aromatic rings. The van der Waals surface area contributed by atoms with E-state index in [1.165, 1.54) is 39.4 Å². The molecular formula is C43H61F4N7O3S3. The van der Waals surface area contributed by atoms with Crippen LogP contribution in [0.1, 0.15) is 62.2 Å². The Balaban J connectivity index is -0.000000655. The van der Waals surface area contributed by atoms with Crippen LogP contribution in [0.15, 0.2) is 72.8 Å². The minimum atomic E-state index is -0.521. The van der Waals surface area contributed by atoms with Gasteiger partial charge in [0, 0.05) is 56.8 Å². The Morgan fingerprint density at radius 1 is 0.750 bits per heavy atom. The van der Waals surface area contributed by atoms with E-state index >= 15 is 0 Å². The summed E-state index contributed by atoms with van der Waals surface area (Å²) in [6.45, 7) is 18.0. The van der Waals surface area contributed by atoms with Crippen molar-refractivity contribution < 1.29 is 31.9 Å². The summed E-state index contributed by atoms with van der Waals surface area (Å²) < 4.78 is 54.4. The number of primary amides is 1. The summed E-state index contributed by atoms with van der Waals surface area (Å²) in [5, 5.41) is 10.2. The lowest BCUT2D eigenvalue weighted by Crippen LogP contribution is -2.08. The molecule has 4 aromatic carbocycles. The van der Waals surface area contributed by atoms with Gasteiger partial charge in [-0.25, -0.2) is 32.3 Å². The molecule has 1 amide bonds. The number of hydrogen-bond donors (Lipinski definition) is 4. The van der Waals surface area contributed by atoms with E-state index < -0.39 is 23.3 Å². The van der Waals surface area contributed by atoms with Gasteiger partial charge in [0.2, 0.25) is 6.41 Å². The lowest BCUT2D eigenvalue weighted by Gasteiger charge is -2.11. The number of aromatic nitrogens is 2. The number of anilines is 2. The number of aldehydes is 1. The summed E-state index contributed by atoms with van der Waals surface area (Å²) in [6, 6.07) is 19.7. The second-order valence-electron chi connectivity index (χ2n) is 11.2. The quantitative estimate of drug-likeness (QED) is 0.0526. The maximum Gasteiger partial charge on any atom is 0.204 e. The van der Waals surface area contributed by atoms with Gasteiger partial charge in [0.25, 0.3) is 0 Å². The molecule has 6 rings (SSSR count). The van der Waals surface area contributed by atoms with Gasteiger partial charge in [0.05, 0.1) is 37.0 Å². The van der Waals surface area contributed by atoms with E-state index in [1.807, 2.05) is 76.4 Å². The Morgan fingerprint density at radius 3 is 1.55 bits per heavy atom. The lowest BCUT2D eigenvalue weighted by molar-refractivity contribution is -0.107. The molecule has 2 heterocycles. The molecule has 0 fully saturated rings. The zero-order valence-electron chi connectivity index (χ0n) is 36.4. The largest absolute Gasteiger partial charge is 0.388 e. The first-order valence-electron chi connectivity index (χ1n) is 18.6. The zero-order chi connectivity index (χ0) is 46.6. The molecule has 332 valence electrons. The van der Waals surface area contributed by atoms with E-state index in [0.717, 1.165) is 75.7 Å². The summed E-state index contributed by atoms with van der Waals surface area (Å²) in [6.07, 6.45) is 2.64. The van der Waals surface area contributed by atoms with Gasteiger partial charge in [-0.05, 0) is 99.0 Å². The predicted molar refractivity (Wildman–Crippen MR) is 250 cm³/mol. The highest BCUT2D eigenvalue weighted by molar-refractivity contribution is 7.95. The van der Waals surface area contributed by atoms with Gasteiger partial charge < -0.3 is 25.5 Å². The number of nitrogens with one attached hydrogen (secondary N) is 2. The van der Waals surface area contributed by atoms with Gasteiger partial charge in [-0.1, -0.05) is 41.0 Å². The third-order valence-corrected chi connectivity index (χ3v) is 8.73. The van der Waals surface area contributed by atoms with Crippen molar-refractivity contribution >= 4 is 86.1 Å². The number of halogens is 4. The fourth-order valence-electron chi connectivity index (χ4n) is 4.33. The molecule has 0 spiro atoms. The van der Waals surface area contributed by atoms with Gasteiger partial charge in [-0.2, -0.15) is 0 Å². The van der Waals surface area contributed by atoms with Crippen LogP contribution in [-0.2, 0) is 20.8 Å². The zero-order valence-corrected chi connectivity index (χ0v) is 38.8. The predicted octanol–water partition coefficient (Wildman–Crippen LogP) is 10.8. The van der Waals surface area contributed by atoms with Crippen molar-refractivity contribution in [3.63, 3.8) is 0 Å². The normalized spacial score (nSPS) is 9.00. The number of rotatable bonds is 7. The van der Waals surface area contributed by atoms with Gasteiger partial charge in [-0.15, -0.1) is 22.7 Å². The molecule has 0 aliphatic rings. The third-order valence-electron chi connectivity index (χ3n) is 6.50. The van der Waals surface area contributed by atoms with Crippen LogP contribution in [0.3, 0.4) is 0 Å². The Hall–Kier alpha value is -4.94. The topological polar surface area (TPSA) is 156 Å². The molecule has 0 radical (unpaired) electrons. The SMILES string of the molecule is C=O.CC.CC.CCCc1cc(F)cc(F)c1.CNc1ccc2sc(C)nc2c1.Cc1cc(F)cc(F)c1.Cc1nc2cc(N(C)C)ccc2s1.NC=O.NSNCC=O. The summed E-state index contributed by atoms with van der Waals surface area (Å²) in [5.74, 6) is -2.03. The van der Waals surface area contributed by atoms with E-state index in [2.05, 4.69) is 67.0 Å². The smallest absolute Gasteiger partial charge is 0.204 e. The van der Waals surface area contributed by atoms with Crippen LogP contribution in [0.4, 0.5) is 28.9 Å². The van der Waals surface area contributed by atoms with Crippen LogP contribution < -0.4 is 25.8 Å². The van der Waals surface area contributed by atoms with Gasteiger partial charge in [-0.3, -0.25) is 9.93 Å². The maximum atomic E-state index is 12.5. The van der Waals surface area contributed by atoms with Crippen LogP contribution in [0, 0.1) is 44.0 Å². The highest BCUT2D eigenvalue weighted by Crippen LogP contribution is 2.25. The first-order chi connectivity index (χ1) is 28.7. The summed E-state index contributed by atoms with van der Waals surface area (Å²) in [7, 11) is 6.00. The molecule has 0 bridgehead atoms. The van der Waals surface area contributed by atoms with Crippen molar-refractivity contribution in [1.82, 2.24) is 14.7 Å². The first kappa shape index (κ1) is 59.4. The van der Waals surface area contributed by atoms with Crippen molar-refractivity contribution in [1.29, 1.82) is 0 Å². The number of amides is 1. The number of carbonyl (C=O) groups is 3. The molecule has 6 N–H and O–H groups in total. The Kier molecular flexibility index (Phi) is 36.7. The first-order valence-corrected chi connectivity index (χ1v) is 21.1. The summed E-state index contributed by atoms with van der Waals surface area (Å²) in [4.78, 5) is 37.0. The number of carbonyl (C=O) groups excluding carboxylic acids is 3. The van der Waals surface area contributed by atoms with E-state index in [9.17, 15) is 22.4 Å². The van der Waals surface area contributed by atoms with Crippen LogP contribution in [0.5, 0.6) is 0 Å². The lowest BCUT2D eigenvalue weighted by atomic mass is 10.1. The molecule has 0 saturated heterocycles. The van der Waals surface area contributed by atoms with Crippen LogP contribution in [0.25, 0.3) is 20.4 Å². The Labute approximate surface area is 365 Å². The van der Waals surface area contributed by atoms with E-state index in [-0.39, 0.29) is 6.41 Å². The third kappa shape index (κ3) is 26.9. The summed E-state index contributed by atoms with van der Waals surface area (Å²) in [5.41, 5.74) is 10.0. The molecule has 0 aliphatic heterocycles. The molecule has 0 unspecified atom stereocenters. The van der Waals surface area contributed by atoms with Gasteiger partial charge in [0.15, 0.2) is 0 Å². The molecule has 10 nitrogen and oxygen atoms in total. The number of nitrogens with two attached hydrogens (primary N) is 2. The second kappa shape index (κ2) is 37.1. The average molecular weight is 896 g/mol. The molecule has 0 atom stereocenters. The fourth-order valence-corrected chi connectivity index (χ4v) is 6.10. The minimum Gasteiger partial charge on any atom is -0.388 e. The number of thiazole rings is 2. The number of hydrogen-bond acceptors (Lipinski definition) is 12. The Bertz CT molecular complexity index is 1960. The molecule has 17 heteroatoms. The van der Waals surface area contributed by atoms with E-state index in [1.54, 1.807) is 29.6 Å². The standard InChI is InChI=1S/C10H12N2S.C9H10F2.C9H10N2S.C7H6F2.C2H6N2OS.2C2H6.CH3NO.CH2O/c1-7-11-9-6-8(12(2)3)4-5-10(9)13-7;1-2-3-7-4-8(10)6-9(11)5-7;1-6-11-8-5-7(10-2)3-4-9(8)12-6;1-5-2-6(8)4-7(9)3-5;3-6-4-1-2-5;2*1-2;2-1-3;1-2/h4-6H,1-3H3;4-6H,2-3H2,1H3;3-5,10H,1-2H3;2-4H,1H3;2,4H,1,3H2;2*1-2H3;1H,(H2,2,3);1H2. The number of aryl methyl sites for hydroxylation is 4. The monoisotopic (exact) mass is 895 g/mol. The van der Waals surface area contributed by atoms with Gasteiger partial charge in [0.1, 0.15) is 36.3 Å².